The van der Waals surface area contributed by atoms with Gasteiger partial charge in [-0.1, -0.05) is 68.3 Å². The molecule has 0 spiro atoms. The van der Waals surface area contributed by atoms with Crippen LogP contribution in [0.1, 0.15) is 56.1 Å². The van der Waals surface area contributed by atoms with E-state index in [-0.39, 0.29) is 30.9 Å². The third-order valence-electron chi connectivity index (χ3n) is 7.06. The molecule has 180 valence electrons. The summed E-state index contributed by atoms with van der Waals surface area (Å²) in [5.41, 5.74) is 4.54. The van der Waals surface area contributed by atoms with Crippen molar-refractivity contribution in [2.45, 2.75) is 51.0 Å². The molecule has 1 fully saturated rings. The Morgan fingerprint density at radius 3 is 2.18 bits per heavy atom. The quantitative estimate of drug-likeness (QED) is 0.486. The van der Waals surface area contributed by atoms with Gasteiger partial charge in [0.25, 0.3) is 0 Å². The molecule has 2 aliphatic rings. The number of aliphatic carboxylic acids is 1. The molecule has 2 aliphatic carbocycles. The summed E-state index contributed by atoms with van der Waals surface area (Å²) in [5.74, 6) is -1.80. The van der Waals surface area contributed by atoms with E-state index in [9.17, 15) is 19.5 Å². The Labute approximate surface area is 199 Å². The normalized spacial score (nSPS) is 16.5. The molecule has 2 atom stereocenters. The Balaban J connectivity index is 1.34. The summed E-state index contributed by atoms with van der Waals surface area (Å²) in [7, 11) is 0. The standard InChI is InChI=1S/C27H32N2O5/c1-2-8-24(25(30)28-15-22(26(31)32)17-9-7-10-17)29-27(33)34-16-23-20-13-5-3-11-18(20)19-12-4-6-14-21(19)23/h3-6,11-14,17,22-24H,2,7-10,15-16H2,1H3,(H,28,30)(H,29,33)(H,31,32)/t22?,24-/m1/s1. The molecule has 7 heteroatoms. The molecule has 0 saturated heterocycles. The summed E-state index contributed by atoms with van der Waals surface area (Å²) >= 11 is 0. The lowest BCUT2D eigenvalue weighted by Crippen LogP contribution is -2.49. The highest BCUT2D eigenvalue weighted by Crippen LogP contribution is 2.44. The molecule has 0 heterocycles. The number of fused-ring (bicyclic) bond motifs is 3. The average Bonchev–Trinajstić information content (AvgIpc) is 3.12. The van der Waals surface area contributed by atoms with Gasteiger partial charge in [0.15, 0.2) is 0 Å². The molecule has 2 amide bonds. The maximum absolute atomic E-state index is 12.7. The van der Waals surface area contributed by atoms with Crippen molar-refractivity contribution in [2.24, 2.45) is 11.8 Å². The van der Waals surface area contributed by atoms with Gasteiger partial charge in [0.1, 0.15) is 12.6 Å². The average molecular weight is 465 g/mol. The second kappa shape index (κ2) is 10.7. The van der Waals surface area contributed by atoms with E-state index in [1.54, 1.807) is 0 Å². The number of amides is 2. The molecular formula is C27H32N2O5. The zero-order chi connectivity index (χ0) is 24.1. The summed E-state index contributed by atoms with van der Waals surface area (Å²) in [6.07, 6.45) is 3.27. The monoisotopic (exact) mass is 464 g/mol. The lowest BCUT2D eigenvalue weighted by molar-refractivity contribution is -0.144. The van der Waals surface area contributed by atoms with Crippen LogP contribution in [-0.2, 0) is 14.3 Å². The van der Waals surface area contributed by atoms with Crippen LogP contribution in [0.2, 0.25) is 0 Å². The fourth-order valence-electron chi connectivity index (χ4n) is 4.97. The third-order valence-corrected chi connectivity index (χ3v) is 7.06. The van der Waals surface area contributed by atoms with Crippen LogP contribution in [0.3, 0.4) is 0 Å². The van der Waals surface area contributed by atoms with Gasteiger partial charge in [-0.25, -0.2) is 4.79 Å². The zero-order valence-electron chi connectivity index (χ0n) is 19.5. The third kappa shape index (κ3) is 5.08. The highest BCUT2D eigenvalue weighted by molar-refractivity contribution is 5.86. The first kappa shape index (κ1) is 23.8. The SMILES string of the molecule is CCC[C@@H](NC(=O)OCC1c2ccccc2-c2ccccc21)C(=O)NCC(C(=O)O)C1CCC1. The van der Waals surface area contributed by atoms with E-state index in [0.29, 0.717) is 12.8 Å². The number of benzene rings is 2. The van der Waals surface area contributed by atoms with Gasteiger partial charge in [-0.3, -0.25) is 9.59 Å². The molecule has 1 unspecified atom stereocenters. The van der Waals surface area contributed by atoms with Crippen LogP contribution < -0.4 is 10.6 Å². The van der Waals surface area contributed by atoms with Gasteiger partial charge in [-0.05, 0) is 47.4 Å². The summed E-state index contributed by atoms with van der Waals surface area (Å²) in [6.45, 7) is 2.17. The fourth-order valence-corrected chi connectivity index (χ4v) is 4.97. The largest absolute Gasteiger partial charge is 0.481 e. The van der Waals surface area contributed by atoms with Gasteiger partial charge < -0.3 is 20.5 Å². The summed E-state index contributed by atoms with van der Waals surface area (Å²) in [5, 5.41) is 14.9. The fraction of sp³-hybridized carbons (Fsp3) is 0.444. The lowest BCUT2D eigenvalue weighted by atomic mass is 9.76. The van der Waals surface area contributed by atoms with Crippen molar-refractivity contribution >= 4 is 18.0 Å². The van der Waals surface area contributed by atoms with Gasteiger partial charge >= 0.3 is 12.1 Å². The van der Waals surface area contributed by atoms with Gasteiger partial charge in [-0.15, -0.1) is 0 Å². The van der Waals surface area contributed by atoms with E-state index in [0.717, 1.165) is 41.5 Å². The van der Waals surface area contributed by atoms with Crippen LogP contribution in [0.5, 0.6) is 0 Å². The Morgan fingerprint density at radius 1 is 1.03 bits per heavy atom. The molecule has 0 radical (unpaired) electrons. The Bertz CT molecular complexity index is 1000. The minimum absolute atomic E-state index is 0.0598. The number of carboxylic acid groups (broad SMARTS) is 1. The predicted octanol–water partition coefficient (Wildman–Crippen LogP) is 4.31. The maximum atomic E-state index is 12.7. The predicted molar refractivity (Wildman–Crippen MR) is 128 cm³/mol. The van der Waals surface area contributed by atoms with E-state index >= 15 is 0 Å². The Morgan fingerprint density at radius 2 is 1.65 bits per heavy atom. The first-order valence-corrected chi connectivity index (χ1v) is 12.1. The van der Waals surface area contributed by atoms with Crippen LogP contribution in [0, 0.1) is 11.8 Å². The number of hydrogen-bond acceptors (Lipinski definition) is 4. The number of alkyl carbamates (subject to hydrolysis) is 1. The molecule has 34 heavy (non-hydrogen) atoms. The van der Waals surface area contributed by atoms with Crippen LogP contribution in [0.15, 0.2) is 48.5 Å². The van der Waals surface area contributed by atoms with E-state index in [2.05, 4.69) is 34.9 Å². The second-order valence-corrected chi connectivity index (χ2v) is 9.19. The van der Waals surface area contributed by atoms with Crippen molar-refractivity contribution in [3.8, 4) is 11.1 Å². The molecule has 0 aliphatic heterocycles. The van der Waals surface area contributed by atoms with Crippen LogP contribution in [-0.4, -0.2) is 42.3 Å². The van der Waals surface area contributed by atoms with Crippen LogP contribution in [0.4, 0.5) is 4.79 Å². The first-order chi connectivity index (χ1) is 16.5. The molecular weight excluding hydrogens is 432 g/mol. The number of nitrogens with one attached hydrogen (secondary N) is 2. The molecule has 2 aromatic rings. The van der Waals surface area contributed by atoms with Crippen LogP contribution >= 0.6 is 0 Å². The topological polar surface area (TPSA) is 105 Å². The van der Waals surface area contributed by atoms with E-state index < -0.39 is 24.0 Å². The van der Waals surface area contributed by atoms with Gasteiger partial charge in [0.05, 0.1) is 5.92 Å². The number of hydrogen-bond donors (Lipinski definition) is 3. The number of carboxylic acids is 1. The zero-order valence-corrected chi connectivity index (χ0v) is 19.5. The second-order valence-electron chi connectivity index (χ2n) is 9.19. The minimum Gasteiger partial charge on any atom is -0.481 e. The summed E-state index contributed by atoms with van der Waals surface area (Å²) in [4.78, 5) is 36.9. The first-order valence-electron chi connectivity index (χ1n) is 12.1. The molecule has 2 aromatic carbocycles. The molecule has 0 aromatic heterocycles. The number of rotatable bonds is 10. The number of ether oxygens (including phenoxy) is 1. The van der Waals surface area contributed by atoms with Crippen molar-refractivity contribution in [1.29, 1.82) is 0 Å². The number of carbonyl (C=O) groups is 3. The molecule has 7 nitrogen and oxygen atoms in total. The molecule has 1 saturated carbocycles. The van der Waals surface area contributed by atoms with Crippen molar-refractivity contribution < 1.29 is 24.2 Å². The lowest BCUT2D eigenvalue weighted by Gasteiger charge is -2.31. The maximum Gasteiger partial charge on any atom is 0.407 e. The van der Waals surface area contributed by atoms with Crippen LogP contribution in [0.25, 0.3) is 11.1 Å². The highest BCUT2D eigenvalue weighted by atomic mass is 16.5. The molecule has 0 bridgehead atoms. The van der Waals surface area contributed by atoms with Crippen molar-refractivity contribution in [1.82, 2.24) is 10.6 Å². The van der Waals surface area contributed by atoms with Crippen molar-refractivity contribution in [2.75, 3.05) is 13.2 Å². The summed E-state index contributed by atoms with van der Waals surface area (Å²) < 4.78 is 5.57. The summed E-state index contributed by atoms with van der Waals surface area (Å²) in [6, 6.07) is 15.4. The van der Waals surface area contributed by atoms with E-state index in [4.69, 9.17) is 4.74 Å². The Hall–Kier alpha value is -3.35. The van der Waals surface area contributed by atoms with Gasteiger partial charge in [-0.2, -0.15) is 0 Å². The highest BCUT2D eigenvalue weighted by Gasteiger charge is 2.34. The van der Waals surface area contributed by atoms with Crippen molar-refractivity contribution in [3.05, 3.63) is 59.7 Å². The van der Waals surface area contributed by atoms with E-state index in [1.165, 1.54) is 0 Å². The van der Waals surface area contributed by atoms with Gasteiger partial charge in [0.2, 0.25) is 5.91 Å². The number of carbonyl (C=O) groups excluding carboxylic acids is 2. The van der Waals surface area contributed by atoms with Crippen molar-refractivity contribution in [3.63, 3.8) is 0 Å². The van der Waals surface area contributed by atoms with Gasteiger partial charge in [0, 0.05) is 12.5 Å². The molecule has 3 N–H and O–H groups in total. The van der Waals surface area contributed by atoms with E-state index in [1.807, 2.05) is 31.2 Å². The minimum atomic E-state index is -0.887. The Kier molecular flexibility index (Phi) is 7.50. The molecule has 4 rings (SSSR count). The smallest absolute Gasteiger partial charge is 0.407 e.